The van der Waals surface area contributed by atoms with Crippen LogP contribution in [0.1, 0.15) is 42.7 Å². The van der Waals surface area contributed by atoms with E-state index in [4.69, 9.17) is 0 Å². The summed E-state index contributed by atoms with van der Waals surface area (Å²) in [5, 5.41) is 8.84. The van der Waals surface area contributed by atoms with Gasteiger partial charge in [-0.1, -0.05) is 36.4 Å². The third kappa shape index (κ3) is 6.04. The highest BCUT2D eigenvalue weighted by Crippen LogP contribution is 2.12. The van der Waals surface area contributed by atoms with Crippen LogP contribution in [0.3, 0.4) is 0 Å². The second-order valence-electron chi connectivity index (χ2n) is 6.27. The van der Waals surface area contributed by atoms with Crippen LogP contribution < -0.4 is 16.0 Å². The van der Waals surface area contributed by atoms with Crippen molar-refractivity contribution in [1.29, 1.82) is 0 Å². The summed E-state index contributed by atoms with van der Waals surface area (Å²) in [6.45, 7) is 6.02. The maximum Gasteiger partial charge on any atom is 0.251 e. The van der Waals surface area contributed by atoms with Crippen LogP contribution in [0.5, 0.6) is 0 Å². The summed E-state index contributed by atoms with van der Waals surface area (Å²) in [4.78, 5) is 24.2. The summed E-state index contributed by atoms with van der Waals surface area (Å²) in [5.74, 6) is -0.300. The molecule has 0 aliphatic heterocycles. The maximum atomic E-state index is 12.1. The number of carbonyl (C=O) groups is 2. The average molecular weight is 339 g/mol. The summed E-state index contributed by atoms with van der Waals surface area (Å²) < 4.78 is 0. The van der Waals surface area contributed by atoms with Crippen molar-refractivity contribution in [3.8, 4) is 0 Å². The summed E-state index contributed by atoms with van der Waals surface area (Å²) in [5.41, 5.74) is 2.26. The zero-order valence-electron chi connectivity index (χ0n) is 14.9. The van der Waals surface area contributed by atoms with Gasteiger partial charge >= 0.3 is 0 Å². The molecule has 0 saturated heterocycles. The van der Waals surface area contributed by atoms with Gasteiger partial charge in [0.2, 0.25) is 5.91 Å². The molecule has 3 N–H and O–H groups in total. The Labute approximate surface area is 148 Å². The minimum absolute atomic E-state index is 0.0643. The first-order valence-corrected chi connectivity index (χ1v) is 8.45. The number of amides is 2. The number of rotatable bonds is 7. The van der Waals surface area contributed by atoms with Gasteiger partial charge in [0, 0.05) is 23.3 Å². The van der Waals surface area contributed by atoms with Crippen molar-refractivity contribution in [1.82, 2.24) is 10.6 Å². The van der Waals surface area contributed by atoms with Gasteiger partial charge in [0.1, 0.15) is 0 Å². The van der Waals surface area contributed by atoms with Crippen LogP contribution >= 0.6 is 0 Å². The first-order chi connectivity index (χ1) is 12.0. The zero-order chi connectivity index (χ0) is 18.2. The molecular formula is C20H25N3O2. The lowest BCUT2D eigenvalue weighted by Gasteiger charge is -2.14. The zero-order valence-corrected chi connectivity index (χ0v) is 14.9. The van der Waals surface area contributed by atoms with Crippen LogP contribution in [0, 0.1) is 0 Å². The van der Waals surface area contributed by atoms with Gasteiger partial charge in [-0.2, -0.15) is 0 Å². The van der Waals surface area contributed by atoms with E-state index in [-0.39, 0.29) is 30.4 Å². The summed E-state index contributed by atoms with van der Waals surface area (Å²) in [7, 11) is 0. The molecule has 5 heteroatoms. The molecule has 0 heterocycles. The Kier molecular flexibility index (Phi) is 6.71. The minimum Gasteiger partial charge on any atom is -0.350 e. The third-order valence-corrected chi connectivity index (χ3v) is 3.70. The molecule has 25 heavy (non-hydrogen) atoms. The second kappa shape index (κ2) is 8.99. The Morgan fingerprint density at radius 2 is 1.68 bits per heavy atom. The molecule has 5 nitrogen and oxygen atoms in total. The van der Waals surface area contributed by atoms with Gasteiger partial charge < -0.3 is 16.0 Å². The molecular weight excluding hydrogens is 314 g/mol. The standard InChI is InChI=1S/C20H25N3O2/c1-14(2)22-20(25)17-10-7-11-18(12-17)23-19(24)13-21-15(3)16-8-5-4-6-9-16/h4-12,14-15,21H,13H2,1-3H3,(H,22,25)(H,23,24). The smallest absolute Gasteiger partial charge is 0.251 e. The number of anilines is 1. The van der Waals surface area contributed by atoms with Crippen molar-refractivity contribution in [3.05, 3.63) is 65.7 Å². The van der Waals surface area contributed by atoms with E-state index in [1.54, 1.807) is 24.3 Å². The van der Waals surface area contributed by atoms with Gasteiger partial charge in [-0.25, -0.2) is 0 Å². The molecule has 0 bridgehead atoms. The van der Waals surface area contributed by atoms with Gasteiger partial charge in [-0.05, 0) is 44.5 Å². The highest BCUT2D eigenvalue weighted by Gasteiger charge is 2.10. The van der Waals surface area contributed by atoms with E-state index in [1.165, 1.54) is 0 Å². The van der Waals surface area contributed by atoms with Crippen molar-refractivity contribution in [2.24, 2.45) is 0 Å². The number of benzene rings is 2. The highest BCUT2D eigenvalue weighted by atomic mass is 16.2. The van der Waals surface area contributed by atoms with Crippen molar-refractivity contribution < 1.29 is 9.59 Å². The van der Waals surface area contributed by atoms with E-state index < -0.39 is 0 Å². The number of hydrogen-bond acceptors (Lipinski definition) is 3. The Bertz CT molecular complexity index is 714. The van der Waals surface area contributed by atoms with E-state index >= 15 is 0 Å². The monoisotopic (exact) mass is 339 g/mol. The normalized spacial score (nSPS) is 11.8. The summed E-state index contributed by atoms with van der Waals surface area (Å²) in [6, 6.07) is 17.0. The Balaban J connectivity index is 1.89. The van der Waals surface area contributed by atoms with Crippen molar-refractivity contribution >= 4 is 17.5 Å². The summed E-state index contributed by atoms with van der Waals surface area (Å²) in [6.07, 6.45) is 0. The number of carbonyl (C=O) groups excluding carboxylic acids is 2. The van der Waals surface area contributed by atoms with Gasteiger partial charge in [-0.15, -0.1) is 0 Å². The fraction of sp³-hybridized carbons (Fsp3) is 0.300. The molecule has 0 spiro atoms. The predicted molar refractivity (Wildman–Crippen MR) is 101 cm³/mol. The lowest BCUT2D eigenvalue weighted by molar-refractivity contribution is -0.115. The van der Waals surface area contributed by atoms with Crippen LogP contribution in [0.4, 0.5) is 5.69 Å². The number of hydrogen-bond donors (Lipinski definition) is 3. The lowest BCUT2D eigenvalue weighted by atomic mass is 10.1. The predicted octanol–water partition coefficient (Wildman–Crippen LogP) is 3.11. The minimum atomic E-state index is -0.151. The molecule has 0 fully saturated rings. The van der Waals surface area contributed by atoms with Gasteiger partial charge in [0.05, 0.1) is 6.54 Å². The highest BCUT2D eigenvalue weighted by molar-refractivity contribution is 5.97. The van der Waals surface area contributed by atoms with Gasteiger partial charge in [0.25, 0.3) is 5.91 Å². The molecule has 0 saturated carbocycles. The molecule has 2 aromatic rings. The molecule has 1 unspecified atom stereocenters. The molecule has 2 rings (SSSR count). The lowest BCUT2D eigenvalue weighted by Crippen LogP contribution is -2.31. The molecule has 0 aliphatic rings. The molecule has 2 amide bonds. The van der Waals surface area contributed by atoms with Crippen LogP contribution in [0.25, 0.3) is 0 Å². The van der Waals surface area contributed by atoms with Crippen molar-refractivity contribution in [2.45, 2.75) is 32.9 Å². The molecule has 0 radical (unpaired) electrons. The van der Waals surface area contributed by atoms with Crippen LogP contribution in [0.2, 0.25) is 0 Å². The molecule has 0 aromatic heterocycles. The molecule has 132 valence electrons. The SMILES string of the molecule is CC(C)NC(=O)c1cccc(NC(=O)CNC(C)c2ccccc2)c1. The van der Waals surface area contributed by atoms with E-state index in [1.807, 2.05) is 51.1 Å². The average Bonchev–Trinajstić information content (AvgIpc) is 2.60. The van der Waals surface area contributed by atoms with E-state index in [0.717, 1.165) is 5.56 Å². The Hall–Kier alpha value is -2.66. The third-order valence-electron chi connectivity index (χ3n) is 3.70. The van der Waals surface area contributed by atoms with E-state index in [9.17, 15) is 9.59 Å². The van der Waals surface area contributed by atoms with Crippen LogP contribution in [0.15, 0.2) is 54.6 Å². The van der Waals surface area contributed by atoms with E-state index in [2.05, 4.69) is 16.0 Å². The largest absolute Gasteiger partial charge is 0.350 e. The second-order valence-corrected chi connectivity index (χ2v) is 6.27. The first-order valence-electron chi connectivity index (χ1n) is 8.45. The number of nitrogens with one attached hydrogen (secondary N) is 3. The van der Waals surface area contributed by atoms with Crippen molar-refractivity contribution in [3.63, 3.8) is 0 Å². The van der Waals surface area contributed by atoms with Gasteiger partial charge in [0.15, 0.2) is 0 Å². The summed E-state index contributed by atoms with van der Waals surface area (Å²) >= 11 is 0. The van der Waals surface area contributed by atoms with E-state index in [0.29, 0.717) is 11.3 Å². The molecule has 1 atom stereocenters. The Morgan fingerprint density at radius 3 is 2.36 bits per heavy atom. The fourth-order valence-electron chi connectivity index (χ4n) is 2.39. The Morgan fingerprint density at radius 1 is 0.960 bits per heavy atom. The quantitative estimate of drug-likeness (QED) is 0.726. The fourth-order valence-corrected chi connectivity index (χ4v) is 2.39. The van der Waals surface area contributed by atoms with Crippen molar-refractivity contribution in [2.75, 3.05) is 11.9 Å². The van der Waals surface area contributed by atoms with Gasteiger partial charge in [-0.3, -0.25) is 9.59 Å². The molecule has 2 aromatic carbocycles. The van der Waals surface area contributed by atoms with Crippen LogP contribution in [-0.4, -0.2) is 24.4 Å². The topological polar surface area (TPSA) is 70.2 Å². The van der Waals surface area contributed by atoms with Crippen LogP contribution in [-0.2, 0) is 4.79 Å². The maximum absolute atomic E-state index is 12.1. The molecule has 0 aliphatic carbocycles. The first kappa shape index (κ1) is 18.7.